The predicted octanol–water partition coefficient (Wildman–Crippen LogP) is 3.23. The minimum absolute atomic E-state index is 0.304. The number of ether oxygens (including phenoxy) is 1. The second-order valence-electron chi connectivity index (χ2n) is 4.64. The summed E-state index contributed by atoms with van der Waals surface area (Å²) in [5.41, 5.74) is 1.43. The molecule has 4 heteroatoms. The SMILES string of the molecule is CC1(CNCc2cc(Br)ccc2Cl)COC1. The van der Waals surface area contributed by atoms with Crippen LogP contribution in [-0.2, 0) is 11.3 Å². The second kappa shape index (κ2) is 5.05. The normalized spacial score (nSPS) is 18.2. The zero-order valence-corrected chi connectivity index (χ0v) is 11.6. The van der Waals surface area contributed by atoms with Crippen molar-refractivity contribution in [3.63, 3.8) is 0 Å². The van der Waals surface area contributed by atoms with Crippen molar-refractivity contribution < 1.29 is 4.74 Å². The maximum absolute atomic E-state index is 6.11. The van der Waals surface area contributed by atoms with Crippen molar-refractivity contribution in [2.75, 3.05) is 19.8 Å². The molecule has 0 atom stereocenters. The molecule has 1 heterocycles. The summed E-state index contributed by atoms with van der Waals surface area (Å²) in [6.07, 6.45) is 0. The largest absolute Gasteiger partial charge is 0.380 e. The van der Waals surface area contributed by atoms with Crippen molar-refractivity contribution in [1.82, 2.24) is 5.32 Å². The molecule has 1 saturated heterocycles. The first-order valence-corrected chi connectivity index (χ1v) is 6.49. The number of halogens is 2. The molecule has 2 nitrogen and oxygen atoms in total. The Hall–Kier alpha value is -0.0900. The van der Waals surface area contributed by atoms with Gasteiger partial charge in [0.25, 0.3) is 0 Å². The molecule has 0 aromatic heterocycles. The molecule has 0 saturated carbocycles. The zero-order chi connectivity index (χ0) is 11.6. The van der Waals surface area contributed by atoms with Gasteiger partial charge >= 0.3 is 0 Å². The number of nitrogens with one attached hydrogen (secondary N) is 1. The van der Waals surface area contributed by atoms with Gasteiger partial charge in [-0.05, 0) is 23.8 Å². The van der Waals surface area contributed by atoms with Crippen LogP contribution in [0.1, 0.15) is 12.5 Å². The number of rotatable bonds is 4. The van der Waals surface area contributed by atoms with Gasteiger partial charge in [-0.25, -0.2) is 0 Å². The molecular weight excluding hydrogens is 289 g/mol. The molecule has 1 aliphatic rings. The van der Waals surface area contributed by atoms with Crippen LogP contribution in [0.15, 0.2) is 22.7 Å². The minimum atomic E-state index is 0.304. The molecule has 1 aromatic rings. The molecule has 0 bridgehead atoms. The molecule has 0 spiro atoms. The van der Waals surface area contributed by atoms with Crippen LogP contribution >= 0.6 is 27.5 Å². The van der Waals surface area contributed by atoms with Crippen molar-refractivity contribution in [1.29, 1.82) is 0 Å². The van der Waals surface area contributed by atoms with Gasteiger partial charge in [0.2, 0.25) is 0 Å². The van der Waals surface area contributed by atoms with Gasteiger partial charge < -0.3 is 10.1 Å². The highest BCUT2D eigenvalue weighted by atomic mass is 79.9. The highest BCUT2D eigenvalue weighted by Crippen LogP contribution is 2.26. The fourth-order valence-electron chi connectivity index (χ4n) is 1.73. The summed E-state index contributed by atoms with van der Waals surface area (Å²) in [6, 6.07) is 5.92. The third-order valence-corrected chi connectivity index (χ3v) is 3.64. The van der Waals surface area contributed by atoms with Crippen LogP contribution in [-0.4, -0.2) is 19.8 Å². The summed E-state index contributed by atoms with van der Waals surface area (Å²) in [7, 11) is 0. The Balaban J connectivity index is 1.87. The highest BCUT2D eigenvalue weighted by Gasteiger charge is 2.32. The van der Waals surface area contributed by atoms with E-state index in [4.69, 9.17) is 16.3 Å². The van der Waals surface area contributed by atoms with Gasteiger partial charge in [0.05, 0.1) is 13.2 Å². The van der Waals surface area contributed by atoms with Crippen LogP contribution in [0.5, 0.6) is 0 Å². The summed E-state index contributed by atoms with van der Waals surface area (Å²) in [5, 5.41) is 4.24. The lowest BCUT2D eigenvalue weighted by Crippen LogP contribution is -2.47. The Labute approximate surface area is 109 Å². The van der Waals surface area contributed by atoms with E-state index in [1.807, 2.05) is 12.1 Å². The molecule has 16 heavy (non-hydrogen) atoms. The molecule has 1 aliphatic heterocycles. The van der Waals surface area contributed by atoms with Crippen molar-refractivity contribution in [2.45, 2.75) is 13.5 Å². The summed E-state index contributed by atoms with van der Waals surface area (Å²) in [4.78, 5) is 0. The molecule has 2 rings (SSSR count). The Morgan fingerprint density at radius 1 is 1.50 bits per heavy atom. The van der Waals surface area contributed by atoms with E-state index in [9.17, 15) is 0 Å². The lowest BCUT2D eigenvalue weighted by atomic mass is 9.89. The van der Waals surface area contributed by atoms with Crippen LogP contribution in [0.2, 0.25) is 5.02 Å². The maximum Gasteiger partial charge on any atom is 0.0554 e. The quantitative estimate of drug-likeness (QED) is 0.922. The molecule has 1 fully saturated rings. The first-order chi connectivity index (χ1) is 7.59. The number of hydrogen-bond acceptors (Lipinski definition) is 2. The Kier molecular flexibility index (Phi) is 3.90. The number of benzene rings is 1. The lowest BCUT2D eigenvalue weighted by Gasteiger charge is -2.38. The third-order valence-electron chi connectivity index (χ3n) is 2.78. The van der Waals surface area contributed by atoms with Gasteiger partial charge in [-0.3, -0.25) is 0 Å². The first-order valence-electron chi connectivity index (χ1n) is 5.31. The van der Waals surface area contributed by atoms with Gasteiger partial charge in [-0.1, -0.05) is 34.5 Å². The van der Waals surface area contributed by atoms with Gasteiger partial charge in [0, 0.05) is 28.0 Å². The van der Waals surface area contributed by atoms with E-state index < -0.39 is 0 Å². The first kappa shape index (κ1) is 12.4. The van der Waals surface area contributed by atoms with Gasteiger partial charge in [-0.15, -0.1) is 0 Å². The van der Waals surface area contributed by atoms with Crippen LogP contribution < -0.4 is 5.32 Å². The smallest absolute Gasteiger partial charge is 0.0554 e. The van der Waals surface area contributed by atoms with E-state index in [1.165, 1.54) is 0 Å². The molecular formula is C12H15BrClNO. The Bertz CT molecular complexity index is 379. The molecule has 88 valence electrons. The van der Waals surface area contributed by atoms with E-state index in [-0.39, 0.29) is 0 Å². The Morgan fingerprint density at radius 2 is 2.25 bits per heavy atom. The van der Waals surface area contributed by atoms with E-state index in [1.54, 1.807) is 0 Å². The minimum Gasteiger partial charge on any atom is -0.380 e. The molecule has 1 N–H and O–H groups in total. The van der Waals surface area contributed by atoms with Crippen molar-refractivity contribution in [3.05, 3.63) is 33.3 Å². The average Bonchev–Trinajstić information content (AvgIpc) is 2.21. The summed E-state index contributed by atoms with van der Waals surface area (Å²) >= 11 is 9.55. The number of hydrogen-bond donors (Lipinski definition) is 1. The topological polar surface area (TPSA) is 21.3 Å². The van der Waals surface area contributed by atoms with Gasteiger partial charge in [-0.2, -0.15) is 0 Å². The summed E-state index contributed by atoms with van der Waals surface area (Å²) < 4.78 is 6.27. The molecule has 0 radical (unpaired) electrons. The van der Waals surface area contributed by atoms with E-state index in [0.29, 0.717) is 5.41 Å². The van der Waals surface area contributed by atoms with Crippen molar-refractivity contribution in [2.24, 2.45) is 5.41 Å². The molecule has 0 amide bonds. The zero-order valence-electron chi connectivity index (χ0n) is 9.22. The average molecular weight is 305 g/mol. The van der Waals surface area contributed by atoms with E-state index in [2.05, 4.69) is 34.2 Å². The van der Waals surface area contributed by atoms with E-state index in [0.717, 1.165) is 41.4 Å². The van der Waals surface area contributed by atoms with E-state index >= 15 is 0 Å². The Morgan fingerprint density at radius 3 is 2.88 bits per heavy atom. The highest BCUT2D eigenvalue weighted by molar-refractivity contribution is 9.10. The molecule has 0 unspecified atom stereocenters. The standard InChI is InChI=1S/C12H15BrClNO/c1-12(7-16-8-12)6-15-5-9-4-10(13)2-3-11(9)14/h2-4,15H,5-8H2,1H3. The third kappa shape index (κ3) is 2.98. The maximum atomic E-state index is 6.11. The van der Waals surface area contributed by atoms with Crippen LogP contribution in [0.3, 0.4) is 0 Å². The monoisotopic (exact) mass is 303 g/mol. The van der Waals surface area contributed by atoms with Gasteiger partial charge in [0.15, 0.2) is 0 Å². The predicted molar refractivity (Wildman–Crippen MR) is 69.8 cm³/mol. The van der Waals surface area contributed by atoms with Crippen LogP contribution in [0, 0.1) is 5.41 Å². The van der Waals surface area contributed by atoms with Crippen molar-refractivity contribution >= 4 is 27.5 Å². The summed E-state index contributed by atoms with van der Waals surface area (Å²) in [5.74, 6) is 0. The van der Waals surface area contributed by atoms with Crippen LogP contribution in [0.4, 0.5) is 0 Å². The second-order valence-corrected chi connectivity index (χ2v) is 5.97. The van der Waals surface area contributed by atoms with Crippen LogP contribution in [0.25, 0.3) is 0 Å². The molecule has 1 aromatic carbocycles. The molecule has 0 aliphatic carbocycles. The fraction of sp³-hybridized carbons (Fsp3) is 0.500. The summed E-state index contributed by atoms with van der Waals surface area (Å²) in [6.45, 7) is 5.70. The lowest BCUT2D eigenvalue weighted by molar-refractivity contribution is -0.0991. The van der Waals surface area contributed by atoms with Crippen molar-refractivity contribution in [3.8, 4) is 0 Å². The van der Waals surface area contributed by atoms with Gasteiger partial charge in [0.1, 0.15) is 0 Å². The fourth-order valence-corrected chi connectivity index (χ4v) is 2.32.